The molecular formula is C8H19NSi. The molecule has 0 radical (unpaired) electrons. The summed E-state index contributed by atoms with van der Waals surface area (Å²) in [5, 5.41) is 0. The van der Waals surface area contributed by atoms with Gasteiger partial charge in [-0.15, -0.1) is 0 Å². The molecule has 1 saturated carbocycles. The van der Waals surface area contributed by atoms with Crippen LogP contribution in [0, 0.1) is 0 Å². The van der Waals surface area contributed by atoms with Crippen molar-refractivity contribution in [1.82, 2.24) is 0 Å². The van der Waals surface area contributed by atoms with Crippen molar-refractivity contribution in [2.75, 3.05) is 6.54 Å². The SMILES string of the molecule is C[Si](C)(CCCN)C1CC1. The average molecular weight is 157 g/mol. The summed E-state index contributed by atoms with van der Waals surface area (Å²) in [6.07, 6.45) is 4.29. The first kappa shape index (κ1) is 8.28. The molecule has 0 bridgehead atoms. The van der Waals surface area contributed by atoms with Crippen molar-refractivity contribution in [3.63, 3.8) is 0 Å². The monoisotopic (exact) mass is 157 g/mol. The zero-order valence-corrected chi connectivity index (χ0v) is 8.19. The molecule has 0 spiro atoms. The maximum absolute atomic E-state index is 5.48. The predicted molar refractivity (Wildman–Crippen MR) is 48.9 cm³/mol. The van der Waals surface area contributed by atoms with Crippen LogP contribution in [0.1, 0.15) is 19.3 Å². The zero-order chi connectivity index (χ0) is 7.61. The lowest BCUT2D eigenvalue weighted by Gasteiger charge is -2.20. The molecule has 1 aliphatic rings. The summed E-state index contributed by atoms with van der Waals surface area (Å²) in [6, 6.07) is 1.45. The van der Waals surface area contributed by atoms with Gasteiger partial charge in [-0.25, -0.2) is 0 Å². The molecule has 0 aromatic heterocycles. The lowest BCUT2D eigenvalue weighted by atomic mass is 10.5. The van der Waals surface area contributed by atoms with E-state index in [1.165, 1.54) is 25.3 Å². The third-order valence-corrected chi connectivity index (χ3v) is 7.14. The Labute approximate surface area is 65.0 Å². The van der Waals surface area contributed by atoms with E-state index in [0.29, 0.717) is 0 Å². The number of hydrogen-bond donors (Lipinski definition) is 1. The molecule has 0 aromatic rings. The Morgan fingerprint density at radius 1 is 1.40 bits per heavy atom. The van der Waals surface area contributed by atoms with E-state index in [4.69, 9.17) is 5.73 Å². The van der Waals surface area contributed by atoms with Gasteiger partial charge in [0.1, 0.15) is 0 Å². The molecule has 60 valence electrons. The Morgan fingerprint density at radius 3 is 2.40 bits per heavy atom. The summed E-state index contributed by atoms with van der Waals surface area (Å²) in [4.78, 5) is 0. The third kappa shape index (κ3) is 2.10. The topological polar surface area (TPSA) is 26.0 Å². The summed E-state index contributed by atoms with van der Waals surface area (Å²) in [7, 11) is -0.771. The first-order chi connectivity index (χ1) is 4.67. The van der Waals surface area contributed by atoms with Crippen LogP contribution in [-0.2, 0) is 0 Å². The number of nitrogens with two attached hydrogens (primary N) is 1. The summed E-state index contributed by atoms with van der Waals surface area (Å²) in [5.74, 6) is 0. The molecule has 0 amide bonds. The van der Waals surface area contributed by atoms with Crippen molar-refractivity contribution >= 4 is 8.07 Å². The minimum Gasteiger partial charge on any atom is -0.330 e. The van der Waals surface area contributed by atoms with Crippen LogP contribution in [0.25, 0.3) is 0 Å². The van der Waals surface area contributed by atoms with E-state index in [2.05, 4.69) is 13.1 Å². The van der Waals surface area contributed by atoms with Crippen LogP contribution >= 0.6 is 0 Å². The minimum absolute atomic E-state index is 0.771. The Kier molecular flexibility index (Phi) is 2.53. The summed E-state index contributed by atoms with van der Waals surface area (Å²) >= 11 is 0. The highest BCUT2D eigenvalue weighted by atomic mass is 28.3. The van der Waals surface area contributed by atoms with Gasteiger partial charge >= 0.3 is 0 Å². The van der Waals surface area contributed by atoms with Crippen LogP contribution in [0.5, 0.6) is 0 Å². The molecule has 2 N–H and O–H groups in total. The first-order valence-corrected chi connectivity index (χ1v) is 7.65. The van der Waals surface area contributed by atoms with Gasteiger partial charge in [0.25, 0.3) is 0 Å². The third-order valence-electron chi connectivity index (χ3n) is 2.71. The number of rotatable bonds is 4. The van der Waals surface area contributed by atoms with Crippen LogP contribution in [0.4, 0.5) is 0 Å². The lowest BCUT2D eigenvalue weighted by molar-refractivity contribution is 0.904. The molecule has 2 heteroatoms. The van der Waals surface area contributed by atoms with Gasteiger partial charge in [0.15, 0.2) is 0 Å². The molecule has 0 unspecified atom stereocenters. The lowest BCUT2D eigenvalue weighted by Crippen LogP contribution is -2.26. The minimum atomic E-state index is -0.771. The molecule has 0 heterocycles. The van der Waals surface area contributed by atoms with Gasteiger partial charge in [0.2, 0.25) is 0 Å². The Bertz CT molecular complexity index is 108. The Hall–Kier alpha value is 0.177. The van der Waals surface area contributed by atoms with Gasteiger partial charge < -0.3 is 5.73 Å². The highest BCUT2D eigenvalue weighted by Crippen LogP contribution is 2.47. The second-order valence-corrected chi connectivity index (χ2v) is 9.45. The molecule has 1 aliphatic carbocycles. The highest BCUT2D eigenvalue weighted by molar-refractivity contribution is 6.79. The molecule has 0 aliphatic heterocycles. The molecule has 0 saturated heterocycles. The van der Waals surface area contributed by atoms with Crippen LogP contribution < -0.4 is 5.73 Å². The van der Waals surface area contributed by atoms with Gasteiger partial charge in [-0.3, -0.25) is 0 Å². The molecular weight excluding hydrogens is 138 g/mol. The average Bonchev–Trinajstić information content (AvgIpc) is 2.64. The van der Waals surface area contributed by atoms with Gasteiger partial charge in [-0.2, -0.15) is 0 Å². The largest absolute Gasteiger partial charge is 0.330 e. The van der Waals surface area contributed by atoms with E-state index < -0.39 is 8.07 Å². The van der Waals surface area contributed by atoms with E-state index in [-0.39, 0.29) is 0 Å². The normalized spacial score (nSPS) is 19.5. The second kappa shape index (κ2) is 3.05. The molecule has 10 heavy (non-hydrogen) atoms. The van der Waals surface area contributed by atoms with Crippen molar-refractivity contribution in [2.45, 2.75) is 43.9 Å². The van der Waals surface area contributed by atoms with Crippen molar-refractivity contribution in [2.24, 2.45) is 5.73 Å². The van der Waals surface area contributed by atoms with E-state index >= 15 is 0 Å². The number of hydrogen-bond acceptors (Lipinski definition) is 1. The maximum atomic E-state index is 5.48. The standard InChI is InChI=1S/C8H19NSi/c1-10(2,7-3-6-9)8-4-5-8/h8H,3-7,9H2,1-2H3. The Balaban J connectivity index is 2.20. The van der Waals surface area contributed by atoms with Crippen molar-refractivity contribution in [1.29, 1.82) is 0 Å². The summed E-state index contributed by atoms with van der Waals surface area (Å²) in [6.45, 7) is 5.92. The molecule has 0 aromatic carbocycles. The summed E-state index contributed by atoms with van der Waals surface area (Å²) in [5.41, 5.74) is 6.63. The van der Waals surface area contributed by atoms with Crippen molar-refractivity contribution < 1.29 is 0 Å². The molecule has 1 fully saturated rings. The van der Waals surface area contributed by atoms with Crippen LogP contribution in [0.2, 0.25) is 24.7 Å². The van der Waals surface area contributed by atoms with Crippen molar-refractivity contribution in [3.8, 4) is 0 Å². The van der Waals surface area contributed by atoms with E-state index in [1.807, 2.05) is 0 Å². The van der Waals surface area contributed by atoms with Crippen LogP contribution in [0.15, 0.2) is 0 Å². The van der Waals surface area contributed by atoms with E-state index in [0.717, 1.165) is 12.1 Å². The fourth-order valence-electron chi connectivity index (χ4n) is 1.63. The molecule has 0 atom stereocenters. The maximum Gasteiger partial charge on any atom is 0.0505 e. The quantitative estimate of drug-likeness (QED) is 0.622. The van der Waals surface area contributed by atoms with Crippen LogP contribution in [0.3, 0.4) is 0 Å². The molecule has 1 rings (SSSR count). The van der Waals surface area contributed by atoms with E-state index in [9.17, 15) is 0 Å². The first-order valence-electron chi connectivity index (χ1n) is 4.37. The molecule has 1 nitrogen and oxygen atoms in total. The summed E-state index contributed by atoms with van der Waals surface area (Å²) < 4.78 is 0. The van der Waals surface area contributed by atoms with Crippen LogP contribution in [-0.4, -0.2) is 14.6 Å². The fourth-order valence-corrected chi connectivity index (χ4v) is 4.88. The van der Waals surface area contributed by atoms with Gasteiger partial charge in [0.05, 0.1) is 8.07 Å². The van der Waals surface area contributed by atoms with E-state index in [1.54, 1.807) is 0 Å². The predicted octanol–water partition coefficient (Wildman–Crippen LogP) is 2.21. The van der Waals surface area contributed by atoms with Gasteiger partial charge in [-0.05, 0) is 18.5 Å². The smallest absolute Gasteiger partial charge is 0.0505 e. The van der Waals surface area contributed by atoms with Gasteiger partial charge in [0, 0.05) is 0 Å². The Morgan fingerprint density at radius 2 is 2.00 bits per heavy atom. The zero-order valence-electron chi connectivity index (χ0n) is 7.19. The second-order valence-electron chi connectivity index (χ2n) is 4.16. The van der Waals surface area contributed by atoms with Gasteiger partial charge in [-0.1, -0.05) is 32.0 Å². The van der Waals surface area contributed by atoms with Crippen molar-refractivity contribution in [3.05, 3.63) is 0 Å². The highest BCUT2D eigenvalue weighted by Gasteiger charge is 2.38. The fraction of sp³-hybridized carbons (Fsp3) is 1.00.